The number of benzene rings is 2. The van der Waals surface area contributed by atoms with Crippen molar-refractivity contribution in [1.82, 2.24) is 5.32 Å². The summed E-state index contributed by atoms with van der Waals surface area (Å²) in [4.78, 5) is 11.4. The van der Waals surface area contributed by atoms with E-state index in [0.29, 0.717) is 36.1 Å². The maximum atomic E-state index is 11.4. The maximum Gasteiger partial charge on any atom is 0.320 e. The number of nitrogens with one attached hydrogen (secondary N) is 1. The maximum absolute atomic E-state index is 11.4. The summed E-state index contributed by atoms with van der Waals surface area (Å²) in [7, 11) is 0. The molecular weight excluding hydrogens is 402 g/mol. The number of hydrogen-bond acceptors (Lipinski definition) is 4. The first kappa shape index (κ1) is 22.4. The van der Waals surface area contributed by atoms with Crippen molar-refractivity contribution in [3.05, 3.63) is 57.6 Å². The smallest absolute Gasteiger partial charge is 0.320 e. The number of hydrogen-bond donors (Lipinski definition) is 2. The highest BCUT2D eigenvalue weighted by molar-refractivity contribution is 6.32. The number of rotatable bonds is 10. The fourth-order valence-electron chi connectivity index (χ4n) is 4.00. The molecule has 0 aliphatic heterocycles. The molecule has 0 spiro atoms. The van der Waals surface area contributed by atoms with Gasteiger partial charge < -0.3 is 19.9 Å². The monoisotopic (exact) mass is 431 g/mol. The predicted molar refractivity (Wildman–Crippen MR) is 119 cm³/mol. The van der Waals surface area contributed by atoms with Crippen LogP contribution in [0.25, 0.3) is 0 Å². The molecule has 0 fully saturated rings. The lowest BCUT2D eigenvalue weighted by Crippen LogP contribution is -2.36. The van der Waals surface area contributed by atoms with E-state index in [0.717, 1.165) is 24.8 Å². The quantitative estimate of drug-likeness (QED) is 0.523. The Hall–Kier alpha value is -2.24. The fourth-order valence-corrected chi connectivity index (χ4v) is 4.23. The van der Waals surface area contributed by atoms with E-state index in [-0.39, 0.29) is 6.10 Å². The molecule has 0 unspecified atom stereocenters. The first-order chi connectivity index (χ1) is 14.4. The molecule has 0 heterocycles. The zero-order valence-corrected chi connectivity index (χ0v) is 18.6. The van der Waals surface area contributed by atoms with E-state index in [1.54, 1.807) is 0 Å². The van der Waals surface area contributed by atoms with Crippen LogP contribution >= 0.6 is 11.6 Å². The number of aryl methyl sites for hydroxylation is 1. The van der Waals surface area contributed by atoms with Crippen LogP contribution in [0.2, 0.25) is 5.02 Å². The van der Waals surface area contributed by atoms with Gasteiger partial charge in [-0.2, -0.15) is 0 Å². The lowest BCUT2D eigenvalue weighted by molar-refractivity contribution is -0.139. The summed E-state index contributed by atoms with van der Waals surface area (Å²) in [5.74, 6) is 0.398. The molecule has 3 rings (SSSR count). The van der Waals surface area contributed by atoms with Gasteiger partial charge in [0.15, 0.2) is 0 Å². The lowest BCUT2D eigenvalue weighted by Gasteiger charge is -2.20. The minimum atomic E-state index is -0.851. The molecule has 2 N–H and O–H groups in total. The Morgan fingerprint density at radius 1 is 1.30 bits per heavy atom. The molecule has 5 nitrogen and oxygen atoms in total. The van der Waals surface area contributed by atoms with Crippen LogP contribution < -0.4 is 14.8 Å². The van der Waals surface area contributed by atoms with E-state index >= 15 is 0 Å². The summed E-state index contributed by atoms with van der Waals surface area (Å²) >= 11 is 6.55. The average molecular weight is 432 g/mol. The van der Waals surface area contributed by atoms with Crippen LogP contribution in [0, 0.1) is 6.92 Å². The highest BCUT2D eigenvalue weighted by atomic mass is 35.5. The molecule has 1 aliphatic carbocycles. The summed E-state index contributed by atoms with van der Waals surface area (Å²) in [6.45, 7) is 6.87. The summed E-state index contributed by atoms with van der Waals surface area (Å²) < 4.78 is 12.1. The molecule has 30 heavy (non-hydrogen) atoms. The molecule has 0 saturated heterocycles. The van der Waals surface area contributed by atoms with Gasteiger partial charge in [-0.1, -0.05) is 43.1 Å². The van der Waals surface area contributed by atoms with Crippen LogP contribution in [0.3, 0.4) is 0 Å². The van der Waals surface area contributed by atoms with E-state index in [1.807, 2.05) is 26.0 Å². The van der Waals surface area contributed by atoms with Crippen LogP contribution in [0.5, 0.6) is 11.5 Å². The second-order valence-corrected chi connectivity index (χ2v) is 8.08. The van der Waals surface area contributed by atoms with Crippen LogP contribution in [-0.4, -0.2) is 23.7 Å². The van der Waals surface area contributed by atoms with E-state index < -0.39 is 12.0 Å². The molecular formula is C24H30ClNO4. The van der Waals surface area contributed by atoms with Gasteiger partial charge in [0.05, 0.1) is 11.6 Å². The third-order valence-corrected chi connectivity index (χ3v) is 5.84. The largest absolute Gasteiger partial charge is 0.493 e. The van der Waals surface area contributed by atoms with E-state index in [9.17, 15) is 9.90 Å². The van der Waals surface area contributed by atoms with Gasteiger partial charge in [0.2, 0.25) is 0 Å². The molecule has 1 aliphatic rings. The lowest BCUT2D eigenvalue weighted by atomic mass is 10.0. The molecule has 0 amide bonds. The number of carboxylic acid groups (broad SMARTS) is 1. The van der Waals surface area contributed by atoms with Gasteiger partial charge in [-0.15, -0.1) is 0 Å². The molecule has 0 bridgehead atoms. The van der Waals surface area contributed by atoms with Crippen molar-refractivity contribution in [2.24, 2.45) is 0 Å². The standard InChI is InChI=1S/C24H30ClNO4/c1-4-7-20(24(27)28)26-14-16-12-19(25)23(13-22(16)29-5-2)30-21-11-10-17-15(3)8-6-9-18(17)21/h6,8-9,12-13,20-21,26H,4-5,7,10-11,14H2,1-3H3,(H,27,28)/t20-,21-/m0/s1. The number of aliphatic carboxylic acids is 1. The molecule has 0 saturated carbocycles. The van der Waals surface area contributed by atoms with E-state index in [2.05, 4.69) is 30.4 Å². The summed E-state index contributed by atoms with van der Waals surface area (Å²) in [6, 6.07) is 9.35. The average Bonchev–Trinajstić information content (AvgIpc) is 3.12. The van der Waals surface area contributed by atoms with Crippen LogP contribution in [0.1, 0.15) is 61.5 Å². The van der Waals surface area contributed by atoms with Crippen molar-refractivity contribution in [3.63, 3.8) is 0 Å². The molecule has 162 valence electrons. The highest BCUT2D eigenvalue weighted by Gasteiger charge is 2.26. The zero-order valence-electron chi connectivity index (χ0n) is 17.8. The fraction of sp³-hybridized carbons (Fsp3) is 0.458. The number of halogens is 1. The SMILES string of the molecule is CCC[C@H](NCc1cc(Cl)c(O[C@H]2CCc3c(C)cccc32)cc1OCC)C(=O)O. The van der Waals surface area contributed by atoms with Crippen molar-refractivity contribution >= 4 is 17.6 Å². The summed E-state index contributed by atoms with van der Waals surface area (Å²) in [6.07, 6.45) is 3.24. The molecule has 2 aromatic rings. The van der Waals surface area contributed by atoms with Crippen LogP contribution in [-0.2, 0) is 17.8 Å². The molecule has 0 radical (unpaired) electrons. The topological polar surface area (TPSA) is 67.8 Å². The Morgan fingerprint density at radius 2 is 2.10 bits per heavy atom. The number of carboxylic acids is 1. The second-order valence-electron chi connectivity index (χ2n) is 7.67. The van der Waals surface area contributed by atoms with Gasteiger partial charge >= 0.3 is 5.97 Å². The van der Waals surface area contributed by atoms with Crippen molar-refractivity contribution in [2.45, 2.75) is 65.1 Å². The number of carbonyl (C=O) groups is 1. The number of fused-ring (bicyclic) bond motifs is 1. The van der Waals surface area contributed by atoms with Crippen molar-refractivity contribution < 1.29 is 19.4 Å². The molecule has 2 aromatic carbocycles. The Bertz CT molecular complexity index is 899. The van der Waals surface area contributed by atoms with Gasteiger partial charge in [-0.05, 0) is 55.9 Å². The van der Waals surface area contributed by atoms with Gasteiger partial charge in [0.1, 0.15) is 23.6 Å². The third kappa shape index (κ3) is 5.08. The van der Waals surface area contributed by atoms with Crippen LogP contribution in [0.15, 0.2) is 30.3 Å². The molecule has 2 atom stereocenters. The predicted octanol–water partition coefficient (Wildman–Crippen LogP) is 5.46. The number of ether oxygens (including phenoxy) is 2. The zero-order chi connectivity index (χ0) is 21.7. The Kier molecular flexibility index (Phi) is 7.62. The van der Waals surface area contributed by atoms with Crippen molar-refractivity contribution in [3.8, 4) is 11.5 Å². The van der Waals surface area contributed by atoms with Crippen LogP contribution in [0.4, 0.5) is 0 Å². The van der Waals surface area contributed by atoms with Gasteiger partial charge in [-0.3, -0.25) is 4.79 Å². The first-order valence-corrected chi connectivity index (χ1v) is 11.0. The molecule has 0 aromatic heterocycles. The minimum absolute atomic E-state index is 0.0307. The Balaban J connectivity index is 1.80. The van der Waals surface area contributed by atoms with Gasteiger partial charge in [-0.25, -0.2) is 0 Å². The third-order valence-electron chi connectivity index (χ3n) is 5.55. The summed E-state index contributed by atoms with van der Waals surface area (Å²) in [5.41, 5.74) is 4.69. The van der Waals surface area contributed by atoms with Gasteiger partial charge in [0.25, 0.3) is 0 Å². The van der Waals surface area contributed by atoms with E-state index in [1.165, 1.54) is 16.7 Å². The Morgan fingerprint density at radius 3 is 2.80 bits per heavy atom. The second kappa shape index (κ2) is 10.2. The van der Waals surface area contributed by atoms with Crippen molar-refractivity contribution in [2.75, 3.05) is 6.61 Å². The van der Waals surface area contributed by atoms with Crippen molar-refractivity contribution in [1.29, 1.82) is 0 Å². The summed E-state index contributed by atoms with van der Waals surface area (Å²) in [5, 5.41) is 13.0. The highest BCUT2D eigenvalue weighted by Crippen LogP contribution is 2.40. The first-order valence-electron chi connectivity index (χ1n) is 10.6. The minimum Gasteiger partial charge on any atom is -0.493 e. The van der Waals surface area contributed by atoms with Gasteiger partial charge in [0, 0.05) is 18.2 Å². The van der Waals surface area contributed by atoms with E-state index in [4.69, 9.17) is 21.1 Å². The molecule has 6 heteroatoms. The normalized spacial score (nSPS) is 16.2. The Labute approximate surface area is 183 Å².